The Labute approximate surface area is 243 Å². The van der Waals surface area contributed by atoms with Crippen molar-refractivity contribution in [3.63, 3.8) is 0 Å². The molecule has 0 spiro atoms. The van der Waals surface area contributed by atoms with E-state index in [1.165, 1.54) is 5.56 Å². The van der Waals surface area contributed by atoms with Crippen molar-refractivity contribution in [1.82, 2.24) is 20.4 Å². The van der Waals surface area contributed by atoms with Gasteiger partial charge in [-0.2, -0.15) is 5.10 Å². The molecule has 3 aromatic rings. The number of hydrogen-bond acceptors (Lipinski definition) is 4. The Bertz CT molecular complexity index is 1390. The number of benzene rings is 2. The molecule has 1 aliphatic rings. The lowest BCUT2D eigenvalue weighted by Crippen LogP contribution is -2.58. The Hall–Kier alpha value is -3.94. The van der Waals surface area contributed by atoms with Crippen molar-refractivity contribution in [2.24, 2.45) is 11.7 Å². The molecule has 1 aromatic heterocycles. The van der Waals surface area contributed by atoms with E-state index in [9.17, 15) is 14.4 Å². The van der Waals surface area contributed by atoms with Crippen LogP contribution in [0.15, 0.2) is 60.8 Å². The van der Waals surface area contributed by atoms with Crippen molar-refractivity contribution in [3.05, 3.63) is 88.7 Å². The molecule has 0 saturated heterocycles. The summed E-state index contributed by atoms with van der Waals surface area (Å²) in [5.74, 6) is -1.14. The highest BCUT2D eigenvalue weighted by molar-refractivity contribution is 6.01. The zero-order chi connectivity index (χ0) is 29.9. The van der Waals surface area contributed by atoms with Crippen LogP contribution in [-0.4, -0.2) is 33.5 Å². The Kier molecular flexibility index (Phi) is 8.71. The number of carbonyl (C=O) groups is 3. The minimum atomic E-state index is -1.47. The molecule has 0 radical (unpaired) electrons. The Balaban J connectivity index is 1.69. The van der Waals surface area contributed by atoms with Crippen LogP contribution in [0.5, 0.6) is 0 Å². The molecule has 3 amide bonds. The van der Waals surface area contributed by atoms with Gasteiger partial charge in [-0.15, -0.1) is 0 Å². The predicted molar refractivity (Wildman–Crippen MR) is 160 cm³/mol. The van der Waals surface area contributed by atoms with E-state index in [-0.39, 0.29) is 17.4 Å². The lowest BCUT2D eigenvalue weighted by Gasteiger charge is -2.37. The Morgan fingerprint density at radius 2 is 1.76 bits per heavy atom. The molecule has 8 nitrogen and oxygen atoms in total. The van der Waals surface area contributed by atoms with Crippen molar-refractivity contribution in [3.8, 4) is 0 Å². The van der Waals surface area contributed by atoms with E-state index >= 15 is 0 Å². The van der Waals surface area contributed by atoms with E-state index in [2.05, 4.69) is 48.6 Å². The summed E-state index contributed by atoms with van der Waals surface area (Å²) in [5, 5.41) is 10.5. The molecule has 2 aromatic carbocycles. The highest BCUT2D eigenvalue weighted by Crippen LogP contribution is 2.40. The van der Waals surface area contributed by atoms with Crippen molar-refractivity contribution < 1.29 is 14.4 Å². The van der Waals surface area contributed by atoms with Crippen LogP contribution in [-0.2, 0) is 33.5 Å². The zero-order valence-corrected chi connectivity index (χ0v) is 25.0. The average molecular weight is 558 g/mol. The van der Waals surface area contributed by atoms with Gasteiger partial charge in [0.05, 0.1) is 23.0 Å². The summed E-state index contributed by atoms with van der Waals surface area (Å²) >= 11 is 0. The number of rotatable bonds is 10. The molecule has 8 heteroatoms. The van der Waals surface area contributed by atoms with Crippen LogP contribution in [0.1, 0.15) is 93.0 Å². The van der Waals surface area contributed by atoms with Gasteiger partial charge in [-0.25, -0.2) is 0 Å². The molecular weight excluding hydrogens is 514 g/mol. The summed E-state index contributed by atoms with van der Waals surface area (Å²) in [7, 11) is 0. The number of hydrogen-bond donors (Lipinski definition) is 3. The number of nitrogens with two attached hydrogens (primary N) is 1. The van der Waals surface area contributed by atoms with Gasteiger partial charge in [-0.1, -0.05) is 75.4 Å². The summed E-state index contributed by atoms with van der Waals surface area (Å²) in [6.45, 7) is 11.9. The number of aromatic nitrogens is 2. The van der Waals surface area contributed by atoms with Crippen LogP contribution in [0, 0.1) is 5.92 Å². The molecule has 41 heavy (non-hydrogen) atoms. The minimum Gasteiger partial charge on any atom is -0.368 e. The number of primary amides is 1. The first-order valence-electron chi connectivity index (χ1n) is 14.5. The van der Waals surface area contributed by atoms with Gasteiger partial charge in [-0.3, -0.25) is 19.1 Å². The number of carbonyl (C=O) groups excluding carboxylic acids is 3. The molecule has 0 saturated carbocycles. The normalized spacial score (nSPS) is 18.2. The zero-order valence-electron chi connectivity index (χ0n) is 25.0. The lowest BCUT2D eigenvalue weighted by atomic mass is 9.79. The summed E-state index contributed by atoms with van der Waals surface area (Å²) in [4.78, 5) is 40.1. The van der Waals surface area contributed by atoms with E-state index in [0.29, 0.717) is 24.0 Å². The number of amides is 3. The summed E-state index contributed by atoms with van der Waals surface area (Å²) in [6, 6.07) is 17.1. The van der Waals surface area contributed by atoms with Gasteiger partial charge in [-0.05, 0) is 75.0 Å². The van der Waals surface area contributed by atoms with Gasteiger partial charge in [0.1, 0.15) is 11.6 Å². The van der Waals surface area contributed by atoms with E-state index in [1.54, 1.807) is 13.1 Å². The second-order valence-corrected chi connectivity index (χ2v) is 12.4. The number of aryl methyl sites for hydroxylation is 1. The average Bonchev–Trinajstić information content (AvgIpc) is 3.38. The van der Waals surface area contributed by atoms with E-state index < -0.39 is 29.3 Å². The van der Waals surface area contributed by atoms with Crippen LogP contribution in [0.4, 0.5) is 0 Å². The SMILES string of the molecule is CCc1ccc(C(C)(NC(=O)c2cnn3c2C[C@H](c2ccccc2)CC3(C)C)C(=O)N[C@@H](CC(C)C)C(N)=O)cc1. The summed E-state index contributed by atoms with van der Waals surface area (Å²) in [6.07, 6.45) is 4.38. The van der Waals surface area contributed by atoms with Crippen LogP contribution >= 0.6 is 0 Å². The molecule has 2 heterocycles. The summed E-state index contributed by atoms with van der Waals surface area (Å²) in [5.41, 5.74) is 8.10. The number of nitrogens with zero attached hydrogens (tertiary/aromatic N) is 2. The topological polar surface area (TPSA) is 119 Å². The maximum Gasteiger partial charge on any atom is 0.255 e. The van der Waals surface area contributed by atoms with E-state index in [4.69, 9.17) is 5.73 Å². The monoisotopic (exact) mass is 557 g/mol. The molecule has 0 fully saturated rings. The largest absolute Gasteiger partial charge is 0.368 e. The molecule has 0 bridgehead atoms. The minimum absolute atomic E-state index is 0.136. The van der Waals surface area contributed by atoms with Crippen molar-refractivity contribution in [1.29, 1.82) is 0 Å². The first kappa shape index (κ1) is 30.0. The van der Waals surface area contributed by atoms with Gasteiger partial charge < -0.3 is 16.4 Å². The Morgan fingerprint density at radius 3 is 2.34 bits per heavy atom. The van der Waals surface area contributed by atoms with Crippen LogP contribution in [0.25, 0.3) is 0 Å². The predicted octanol–water partition coefficient (Wildman–Crippen LogP) is 4.57. The molecule has 1 unspecified atom stereocenters. The molecule has 4 N–H and O–H groups in total. The van der Waals surface area contributed by atoms with Gasteiger partial charge in [0, 0.05) is 0 Å². The van der Waals surface area contributed by atoms with E-state index in [1.807, 2.05) is 61.0 Å². The maximum absolute atomic E-state index is 14.0. The van der Waals surface area contributed by atoms with Gasteiger partial charge in [0.15, 0.2) is 0 Å². The van der Waals surface area contributed by atoms with Gasteiger partial charge >= 0.3 is 0 Å². The third-order valence-corrected chi connectivity index (χ3v) is 8.26. The standard InChI is InChI=1S/C33H43N5O3/c1-7-22-13-15-25(16-14-22)33(6,31(41)36-27(29(34)39)17-21(2)3)37-30(40)26-20-35-38-28(26)18-24(19-32(38,4)5)23-11-9-8-10-12-23/h8-16,20-21,24,27H,7,17-19H2,1-6H3,(H2,34,39)(H,36,41)(H,37,40)/t24-,27-,33?/m0/s1. The quantitative estimate of drug-likeness (QED) is 0.338. The van der Waals surface area contributed by atoms with Crippen molar-refractivity contribution >= 4 is 17.7 Å². The fraction of sp³-hybridized carbons (Fsp3) is 0.455. The molecule has 3 atom stereocenters. The van der Waals surface area contributed by atoms with Crippen LogP contribution < -0.4 is 16.4 Å². The first-order chi connectivity index (χ1) is 19.4. The molecule has 4 rings (SSSR count). The van der Waals surface area contributed by atoms with Crippen LogP contribution in [0.3, 0.4) is 0 Å². The second kappa shape index (κ2) is 11.9. The smallest absolute Gasteiger partial charge is 0.255 e. The van der Waals surface area contributed by atoms with Gasteiger partial charge in [0.2, 0.25) is 5.91 Å². The highest BCUT2D eigenvalue weighted by Gasteiger charge is 2.41. The van der Waals surface area contributed by atoms with Crippen molar-refractivity contribution in [2.75, 3.05) is 0 Å². The second-order valence-electron chi connectivity index (χ2n) is 12.4. The van der Waals surface area contributed by atoms with E-state index in [0.717, 1.165) is 24.1 Å². The molecule has 1 aliphatic heterocycles. The van der Waals surface area contributed by atoms with Crippen LogP contribution in [0.2, 0.25) is 0 Å². The lowest BCUT2D eigenvalue weighted by molar-refractivity contribution is -0.131. The number of nitrogens with one attached hydrogen (secondary N) is 2. The Morgan fingerprint density at radius 1 is 1.10 bits per heavy atom. The third kappa shape index (κ3) is 6.37. The third-order valence-electron chi connectivity index (χ3n) is 8.26. The molecular formula is C33H43N5O3. The number of fused-ring (bicyclic) bond motifs is 1. The molecule has 218 valence electrons. The fourth-order valence-electron chi connectivity index (χ4n) is 5.89. The van der Waals surface area contributed by atoms with Gasteiger partial charge in [0.25, 0.3) is 11.8 Å². The maximum atomic E-state index is 14.0. The van der Waals surface area contributed by atoms with Crippen molar-refractivity contribution in [2.45, 2.75) is 90.3 Å². The fourth-order valence-corrected chi connectivity index (χ4v) is 5.89. The first-order valence-corrected chi connectivity index (χ1v) is 14.5. The highest BCUT2D eigenvalue weighted by atomic mass is 16.2. The molecule has 0 aliphatic carbocycles. The summed E-state index contributed by atoms with van der Waals surface area (Å²) < 4.78 is 1.95.